The number of pyridine rings is 1. The van der Waals surface area contributed by atoms with E-state index in [9.17, 15) is 4.79 Å². The van der Waals surface area contributed by atoms with Crippen LogP contribution in [0.15, 0.2) is 16.7 Å². The van der Waals surface area contributed by atoms with Crippen LogP contribution in [0.1, 0.15) is 5.69 Å². The molecule has 0 saturated heterocycles. The van der Waals surface area contributed by atoms with Gasteiger partial charge < -0.3 is 4.74 Å². The van der Waals surface area contributed by atoms with Gasteiger partial charge >= 0.3 is 6.09 Å². The zero-order valence-corrected chi connectivity index (χ0v) is 12.6. The van der Waals surface area contributed by atoms with Crippen LogP contribution in [0.3, 0.4) is 0 Å². The second kappa shape index (κ2) is 4.96. The number of hydrogen-bond donors (Lipinski definition) is 0. The summed E-state index contributed by atoms with van der Waals surface area (Å²) >= 11 is 12.9. The molecule has 0 saturated carbocycles. The standard InChI is InChI=1S/C10H7Br2ClN2O2/c1-17-10(16)15-6(4-11)8(12)7-5(13)2-3-14-9(7)15/h2-3H,4H2,1H3. The van der Waals surface area contributed by atoms with Crippen LogP contribution in [0.2, 0.25) is 5.02 Å². The Morgan fingerprint density at radius 1 is 1.65 bits per heavy atom. The average molecular weight is 382 g/mol. The van der Waals surface area contributed by atoms with Gasteiger partial charge in [0.2, 0.25) is 0 Å². The van der Waals surface area contributed by atoms with E-state index in [1.165, 1.54) is 11.7 Å². The lowest BCUT2D eigenvalue weighted by atomic mass is 10.3. The van der Waals surface area contributed by atoms with Crippen molar-refractivity contribution in [1.82, 2.24) is 9.55 Å². The maximum absolute atomic E-state index is 11.7. The molecule has 7 heteroatoms. The Labute approximate surface area is 119 Å². The monoisotopic (exact) mass is 380 g/mol. The number of hydrogen-bond acceptors (Lipinski definition) is 3. The molecule has 2 heterocycles. The van der Waals surface area contributed by atoms with Gasteiger partial charge in [-0.3, -0.25) is 0 Å². The van der Waals surface area contributed by atoms with Gasteiger partial charge in [-0.25, -0.2) is 14.3 Å². The first kappa shape index (κ1) is 12.9. The number of aromatic nitrogens is 2. The van der Waals surface area contributed by atoms with E-state index in [1.54, 1.807) is 12.3 Å². The molecule has 0 atom stereocenters. The zero-order valence-electron chi connectivity index (χ0n) is 8.71. The third kappa shape index (κ3) is 1.98. The normalized spacial score (nSPS) is 10.8. The summed E-state index contributed by atoms with van der Waals surface area (Å²) in [6.45, 7) is 0. The van der Waals surface area contributed by atoms with Crippen LogP contribution in [0, 0.1) is 0 Å². The van der Waals surface area contributed by atoms with E-state index >= 15 is 0 Å². The number of ether oxygens (including phenoxy) is 1. The number of nitrogens with zero attached hydrogens (tertiary/aromatic N) is 2. The molecule has 0 amide bonds. The first-order valence-electron chi connectivity index (χ1n) is 4.59. The lowest BCUT2D eigenvalue weighted by molar-refractivity contribution is 0.173. The van der Waals surface area contributed by atoms with E-state index in [2.05, 4.69) is 36.8 Å². The molecule has 0 radical (unpaired) electrons. The molecule has 0 bridgehead atoms. The zero-order chi connectivity index (χ0) is 12.6. The Bertz CT molecular complexity index is 597. The number of halogens is 3. The van der Waals surface area contributed by atoms with Gasteiger partial charge in [0.1, 0.15) is 0 Å². The van der Waals surface area contributed by atoms with Crippen molar-refractivity contribution < 1.29 is 9.53 Å². The predicted molar refractivity (Wildman–Crippen MR) is 72.9 cm³/mol. The summed E-state index contributed by atoms with van der Waals surface area (Å²) in [7, 11) is 1.32. The summed E-state index contributed by atoms with van der Waals surface area (Å²) in [6.07, 6.45) is 1.05. The fourth-order valence-electron chi connectivity index (χ4n) is 1.58. The first-order chi connectivity index (χ1) is 8.11. The third-order valence-corrected chi connectivity index (χ3v) is 4.02. The number of carbonyl (C=O) groups is 1. The second-order valence-electron chi connectivity index (χ2n) is 3.19. The fourth-order valence-corrected chi connectivity index (χ4v) is 3.54. The molecule has 4 nitrogen and oxygen atoms in total. The molecular weight excluding hydrogens is 375 g/mol. The molecule has 0 aromatic carbocycles. The van der Waals surface area contributed by atoms with Crippen LogP contribution in [-0.4, -0.2) is 22.8 Å². The third-order valence-electron chi connectivity index (χ3n) is 2.32. The van der Waals surface area contributed by atoms with Crippen molar-refractivity contribution in [3.8, 4) is 0 Å². The molecule has 2 aromatic heterocycles. The van der Waals surface area contributed by atoms with E-state index < -0.39 is 6.09 Å². The highest BCUT2D eigenvalue weighted by atomic mass is 79.9. The van der Waals surface area contributed by atoms with Crippen molar-refractivity contribution in [2.24, 2.45) is 0 Å². The Balaban J connectivity index is 2.90. The van der Waals surface area contributed by atoms with Gasteiger partial charge in [0.05, 0.1) is 27.7 Å². The molecule has 2 rings (SSSR count). The number of rotatable bonds is 1. The molecule has 90 valence electrons. The van der Waals surface area contributed by atoms with Crippen molar-refractivity contribution in [2.45, 2.75) is 5.33 Å². The van der Waals surface area contributed by atoms with Crippen LogP contribution >= 0.6 is 43.5 Å². The SMILES string of the molecule is COC(=O)n1c(CBr)c(Br)c2c(Cl)ccnc21. The Morgan fingerprint density at radius 3 is 2.94 bits per heavy atom. The average Bonchev–Trinajstić information content (AvgIpc) is 2.62. The van der Waals surface area contributed by atoms with Gasteiger partial charge in [0, 0.05) is 11.5 Å². The summed E-state index contributed by atoms with van der Waals surface area (Å²) < 4.78 is 6.87. The molecule has 0 N–H and O–H groups in total. The molecule has 0 aliphatic heterocycles. The summed E-state index contributed by atoms with van der Waals surface area (Å²) in [6, 6.07) is 1.67. The Kier molecular flexibility index (Phi) is 3.75. The predicted octanol–water partition coefficient (Wildman–Crippen LogP) is 3.96. The van der Waals surface area contributed by atoms with E-state index in [1.807, 2.05) is 0 Å². The van der Waals surface area contributed by atoms with Crippen LogP contribution < -0.4 is 0 Å². The number of carbonyl (C=O) groups excluding carboxylic acids is 1. The molecule has 0 fully saturated rings. The highest BCUT2D eigenvalue weighted by Gasteiger charge is 2.22. The van der Waals surface area contributed by atoms with Crippen molar-refractivity contribution in [3.63, 3.8) is 0 Å². The van der Waals surface area contributed by atoms with Gasteiger partial charge in [-0.2, -0.15) is 0 Å². The summed E-state index contributed by atoms with van der Waals surface area (Å²) in [5, 5.41) is 1.72. The van der Waals surface area contributed by atoms with Gasteiger partial charge in [-0.1, -0.05) is 27.5 Å². The molecule has 0 spiro atoms. The molecule has 2 aromatic rings. The quantitative estimate of drug-likeness (QED) is 0.701. The molecule has 0 aliphatic carbocycles. The molecule has 17 heavy (non-hydrogen) atoms. The smallest absolute Gasteiger partial charge is 0.419 e. The minimum Gasteiger partial charge on any atom is -0.452 e. The van der Waals surface area contributed by atoms with Gasteiger partial charge in [0.25, 0.3) is 0 Å². The summed E-state index contributed by atoms with van der Waals surface area (Å²) in [5.41, 5.74) is 1.19. The number of alkyl halides is 1. The summed E-state index contributed by atoms with van der Waals surface area (Å²) in [5.74, 6) is 0. The highest BCUT2D eigenvalue weighted by Crippen LogP contribution is 2.35. The van der Waals surface area contributed by atoms with Crippen LogP contribution in [0.25, 0.3) is 11.0 Å². The van der Waals surface area contributed by atoms with Crippen LogP contribution in [0.4, 0.5) is 4.79 Å². The van der Waals surface area contributed by atoms with Crippen molar-refractivity contribution in [1.29, 1.82) is 0 Å². The van der Waals surface area contributed by atoms with Crippen molar-refractivity contribution in [2.75, 3.05) is 7.11 Å². The van der Waals surface area contributed by atoms with Gasteiger partial charge in [-0.05, 0) is 22.0 Å². The van der Waals surface area contributed by atoms with Crippen molar-refractivity contribution >= 4 is 60.6 Å². The highest BCUT2D eigenvalue weighted by molar-refractivity contribution is 9.11. The van der Waals surface area contributed by atoms with E-state index in [0.29, 0.717) is 27.1 Å². The summed E-state index contributed by atoms with van der Waals surface area (Å²) in [4.78, 5) is 15.9. The van der Waals surface area contributed by atoms with Gasteiger partial charge in [0.15, 0.2) is 5.65 Å². The maximum Gasteiger partial charge on any atom is 0.419 e. The van der Waals surface area contributed by atoms with E-state index in [4.69, 9.17) is 16.3 Å². The van der Waals surface area contributed by atoms with Crippen molar-refractivity contribution in [3.05, 3.63) is 27.5 Å². The van der Waals surface area contributed by atoms with E-state index in [0.717, 1.165) is 4.47 Å². The van der Waals surface area contributed by atoms with E-state index in [-0.39, 0.29) is 0 Å². The number of methoxy groups -OCH3 is 1. The molecular formula is C10H7Br2ClN2O2. The van der Waals surface area contributed by atoms with Crippen LogP contribution in [-0.2, 0) is 10.1 Å². The lowest BCUT2D eigenvalue weighted by Crippen LogP contribution is -2.14. The molecule has 0 unspecified atom stereocenters. The number of fused-ring (bicyclic) bond motifs is 1. The largest absolute Gasteiger partial charge is 0.452 e. The Morgan fingerprint density at radius 2 is 2.35 bits per heavy atom. The fraction of sp³-hybridized carbons (Fsp3) is 0.200. The maximum atomic E-state index is 11.7. The topological polar surface area (TPSA) is 44.1 Å². The lowest BCUT2D eigenvalue weighted by Gasteiger charge is -2.04. The minimum absolute atomic E-state index is 0.477. The van der Waals surface area contributed by atoms with Gasteiger partial charge in [-0.15, -0.1) is 0 Å². The second-order valence-corrected chi connectivity index (χ2v) is 4.95. The van der Waals surface area contributed by atoms with Crippen LogP contribution in [0.5, 0.6) is 0 Å². The minimum atomic E-state index is -0.495. The molecule has 0 aliphatic rings. The Hall–Kier alpha value is -0.590. The first-order valence-corrected chi connectivity index (χ1v) is 6.88.